The van der Waals surface area contributed by atoms with E-state index < -0.39 is 0 Å². The summed E-state index contributed by atoms with van der Waals surface area (Å²) in [6.45, 7) is 6.91. The summed E-state index contributed by atoms with van der Waals surface area (Å²) in [7, 11) is 0. The Bertz CT molecular complexity index is 290. The summed E-state index contributed by atoms with van der Waals surface area (Å²) in [5, 5.41) is 4.85. The zero-order chi connectivity index (χ0) is 13.0. The van der Waals surface area contributed by atoms with Gasteiger partial charge in [0.1, 0.15) is 0 Å². The molecular formula is C15H28N2S. The van der Waals surface area contributed by atoms with Crippen molar-refractivity contribution >= 4 is 16.9 Å². The van der Waals surface area contributed by atoms with Gasteiger partial charge in [0, 0.05) is 11.8 Å². The lowest BCUT2D eigenvalue weighted by molar-refractivity contribution is 0.335. The summed E-state index contributed by atoms with van der Waals surface area (Å²) >= 11 is 1.95. The largest absolute Gasteiger partial charge is 0.362 e. The fraction of sp³-hybridized carbons (Fsp3) is 0.933. The Morgan fingerprint density at radius 2 is 2.11 bits per heavy atom. The van der Waals surface area contributed by atoms with Gasteiger partial charge in [0.2, 0.25) is 0 Å². The van der Waals surface area contributed by atoms with Gasteiger partial charge >= 0.3 is 0 Å². The van der Waals surface area contributed by atoms with E-state index in [9.17, 15) is 0 Å². The minimum atomic E-state index is 0.561. The Labute approximate surface area is 116 Å². The molecule has 2 nitrogen and oxygen atoms in total. The lowest BCUT2D eigenvalue weighted by Crippen LogP contribution is -2.38. The van der Waals surface area contributed by atoms with Crippen molar-refractivity contribution in [2.45, 2.75) is 71.4 Å². The monoisotopic (exact) mass is 268 g/mol. The van der Waals surface area contributed by atoms with E-state index in [-0.39, 0.29) is 0 Å². The number of fused-ring (bicyclic) bond motifs is 1. The number of aliphatic imine (C=N–C) groups is 1. The van der Waals surface area contributed by atoms with Crippen LogP contribution in [0.4, 0.5) is 0 Å². The molecule has 3 heteroatoms. The van der Waals surface area contributed by atoms with Crippen LogP contribution < -0.4 is 5.32 Å². The van der Waals surface area contributed by atoms with Crippen LogP contribution in [0.5, 0.6) is 0 Å². The first-order valence-corrected chi connectivity index (χ1v) is 8.64. The second-order valence-electron chi connectivity index (χ2n) is 6.15. The standard InChI is InChI=1S/C15H28N2S/c1-4-11(2)9-12(3)16-15-17-14-8-6-5-7-13(14)10-18-15/h11-14H,4-10H2,1-3H3,(H,16,17). The lowest BCUT2D eigenvalue weighted by Gasteiger charge is -2.33. The molecule has 1 fully saturated rings. The number of hydrogen-bond donors (Lipinski definition) is 1. The van der Waals surface area contributed by atoms with Crippen molar-refractivity contribution in [3.63, 3.8) is 0 Å². The normalized spacial score (nSPS) is 31.2. The van der Waals surface area contributed by atoms with E-state index in [0.29, 0.717) is 12.1 Å². The van der Waals surface area contributed by atoms with Gasteiger partial charge < -0.3 is 5.32 Å². The van der Waals surface area contributed by atoms with E-state index in [2.05, 4.69) is 26.1 Å². The number of amidine groups is 1. The third kappa shape index (κ3) is 3.91. The molecule has 0 amide bonds. The topological polar surface area (TPSA) is 24.4 Å². The predicted octanol–water partition coefficient (Wildman–Crippen LogP) is 4.06. The highest BCUT2D eigenvalue weighted by Gasteiger charge is 2.29. The molecule has 1 saturated carbocycles. The molecule has 0 aromatic rings. The molecule has 1 heterocycles. The number of hydrogen-bond acceptors (Lipinski definition) is 3. The second-order valence-corrected chi connectivity index (χ2v) is 7.16. The van der Waals surface area contributed by atoms with Crippen molar-refractivity contribution in [1.82, 2.24) is 5.32 Å². The first-order valence-electron chi connectivity index (χ1n) is 7.66. The Morgan fingerprint density at radius 1 is 1.33 bits per heavy atom. The van der Waals surface area contributed by atoms with E-state index in [1.807, 2.05) is 11.8 Å². The molecule has 0 saturated heterocycles. The van der Waals surface area contributed by atoms with Gasteiger partial charge in [-0.25, -0.2) is 0 Å². The maximum atomic E-state index is 4.95. The Kier molecular flexibility index (Phi) is 5.40. The SMILES string of the molecule is CCC(C)CC(C)NC1=NC2CCCCC2CS1. The van der Waals surface area contributed by atoms with Crippen LogP contribution in [0.2, 0.25) is 0 Å². The summed E-state index contributed by atoms with van der Waals surface area (Å²) in [4.78, 5) is 4.95. The lowest BCUT2D eigenvalue weighted by atomic mass is 9.86. The van der Waals surface area contributed by atoms with Gasteiger partial charge in [-0.2, -0.15) is 0 Å². The molecule has 1 N–H and O–H groups in total. The summed E-state index contributed by atoms with van der Waals surface area (Å²) in [5.41, 5.74) is 0. The Hall–Kier alpha value is -0.180. The summed E-state index contributed by atoms with van der Waals surface area (Å²) in [6, 6.07) is 1.18. The number of nitrogens with one attached hydrogen (secondary N) is 1. The van der Waals surface area contributed by atoms with Crippen LogP contribution in [0.1, 0.15) is 59.3 Å². The number of nitrogens with zero attached hydrogens (tertiary/aromatic N) is 1. The fourth-order valence-electron chi connectivity index (χ4n) is 3.05. The zero-order valence-electron chi connectivity index (χ0n) is 12.1. The molecule has 4 atom stereocenters. The molecule has 1 aliphatic heterocycles. The first kappa shape index (κ1) is 14.2. The quantitative estimate of drug-likeness (QED) is 0.831. The molecule has 1 aliphatic carbocycles. The molecule has 0 spiro atoms. The van der Waals surface area contributed by atoms with Crippen LogP contribution in [0, 0.1) is 11.8 Å². The van der Waals surface area contributed by atoms with Crippen LogP contribution in [-0.4, -0.2) is 23.0 Å². The Morgan fingerprint density at radius 3 is 2.89 bits per heavy atom. The highest BCUT2D eigenvalue weighted by atomic mass is 32.2. The highest BCUT2D eigenvalue weighted by molar-refractivity contribution is 8.13. The average molecular weight is 268 g/mol. The van der Waals surface area contributed by atoms with Crippen molar-refractivity contribution in [3.05, 3.63) is 0 Å². The molecule has 2 rings (SSSR count). The predicted molar refractivity (Wildman–Crippen MR) is 82.3 cm³/mol. The third-order valence-electron chi connectivity index (χ3n) is 4.41. The maximum absolute atomic E-state index is 4.95. The third-order valence-corrected chi connectivity index (χ3v) is 5.50. The summed E-state index contributed by atoms with van der Waals surface area (Å²) in [5.74, 6) is 2.95. The van der Waals surface area contributed by atoms with Crippen molar-refractivity contribution in [2.75, 3.05) is 5.75 Å². The molecule has 104 valence electrons. The van der Waals surface area contributed by atoms with Gasteiger partial charge in [-0.15, -0.1) is 0 Å². The molecular weight excluding hydrogens is 240 g/mol. The van der Waals surface area contributed by atoms with Gasteiger partial charge in [0.25, 0.3) is 0 Å². The summed E-state index contributed by atoms with van der Waals surface area (Å²) in [6.07, 6.45) is 8.04. The van der Waals surface area contributed by atoms with E-state index in [0.717, 1.165) is 11.8 Å². The molecule has 0 aromatic carbocycles. The molecule has 0 bridgehead atoms. The molecule has 0 aromatic heterocycles. The van der Waals surface area contributed by atoms with Crippen LogP contribution in [0.15, 0.2) is 4.99 Å². The van der Waals surface area contributed by atoms with Crippen molar-refractivity contribution in [2.24, 2.45) is 16.8 Å². The van der Waals surface area contributed by atoms with E-state index in [1.165, 1.54) is 49.4 Å². The maximum Gasteiger partial charge on any atom is 0.157 e. The van der Waals surface area contributed by atoms with Gasteiger partial charge in [-0.1, -0.05) is 44.9 Å². The van der Waals surface area contributed by atoms with E-state index >= 15 is 0 Å². The second kappa shape index (κ2) is 6.83. The van der Waals surface area contributed by atoms with Crippen LogP contribution in [0.3, 0.4) is 0 Å². The van der Waals surface area contributed by atoms with Crippen molar-refractivity contribution in [3.8, 4) is 0 Å². The summed E-state index contributed by atoms with van der Waals surface area (Å²) < 4.78 is 0. The van der Waals surface area contributed by atoms with Crippen molar-refractivity contribution in [1.29, 1.82) is 0 Å². The van der Waals surface area contributed by atoms with Crippen LogP contribution in [0.25, 0.3) is 0 Å². The molecule has 18 heavy (non-hydrogen) atoms. The van der Waals surface area contributed by atoms with Gasteiger partial charge in [0.15, 0.2) is 5.17 Å². The van der Waals surface area contributed by atoms with Gasteiger partial charge in [-0.3, -0.25) is 4.99 Å². The van der Waals surface area contributed by atoms with Gasteiger partial charge in [0.05, 0.1) is 6.04 Å². The van der Waals surface area contributed by atoms with Crippen molar-refractivity contribution < 1.29 is 0 Å². The van der Waals surface area contributed by atoms with E-state index in [1.54, 1.807) is 0 Å². The molecule has 2 aliphatic rings. The minimum absolute atomic E-state index is 0.561. The zero-order valence-corrected chi connectivity index (χ0v) is 12.9. The first-order chi connectivity index (χ1) is 8.69. The van der Waals surface area contributed by atoms with Gasteiger partial charge in [-0.05, 0) is 38.0 Å². The molecule has 4 unspecified atom stereocenters. The fourth-order valence-corrected chi connectivity index (χ4v) is 4.30. The molecule has 0 radical (unpaired) electrons. The average Bonchev–Trinajstić information content (AvgIpc) is 2.38. The smallest absolute Gasteiger partial charge is 0.157 e. The van der Waals surface area contributed by atoms with Crippen LogP contribution in [-0.2, 0) is 0 Å². The Balaban J connectivity index is 1.84. The highest BCUT2D eigenvalue weighted by Crippen LogP contribution is 2.33. The minimum Gasteiger partial charge on any atom is -0.362 e. The number of thioether (sulfide) groups is 1. The van der Waals surface area contributed by atoms with E-state index in [4.69, 9.17) is 4.99 Å². The number of rotatable bonds is 4. The van der Waals surface area contributed by atoms with Crippen LogP contribution >= 0.6 is 11.8 Å².